The second kappa shape index (κ2) is 10.8. The molecule has 37 heavy (non-hydrogen) atoms. The molecule has 0 unspecified atom stereocenters. The van der Waals surface area contributed by atoms with Crippen LogP contribution in [0.5, 0.6) is 0 Å². The lowest BCUT2D eigenvalue weighted by molar-refractivity contribution is -0.384. The van der Waals surface area contributed by atoms with Gasteiger partial charge in [-0.3, -0.25) is 24.6 Å². The van der Waals surface area contributed by atoms with E-state index in [1.807, 2.05) is 16.2 Å². The largest absolute Gasteiger partial charge is 0.339 e. The number of nitro groups is 1. The fourth-order valence-corrected chi connectivity index (χ4v) is 6.26. The van der Waals surface area contributed by atoms with Gasteiger partial charge in [-0.15, -0.1) is 11.3 Å². The van der Waals surface area contributed by atoms with E-state index >= 15 is 0 Å². The van der Waals surface area contributed by atoms with Gasteiger partial charge in [0.25, 0.3) is 11.6 Å². The minimum atomic E-state index is -0.501. The molecule has 0 aliphatic carbocycles. The Labute approximate surface area is 220 Å². The van der Waals surface area contributed by atoms with Gasteiger partial charge in [-0.25, -0.2) is 0 Å². The summed E-state index contributed by atoms with van der Waals surface area (Å²) < 4.78 is 0. The summed E-state index contributed by atoms with van der Waals surface area (Å²) in [5.74, 6) is -0.140. The zero-order valence-electron chi connectivity index (χ0n) is 20.8. The van der Waals surface area contributed by atoms with Crippen LogP contribution in [0.3, 0.4) is 0 Å². The zero-order chi connectivity index (χ0) is 25.9. The van der Waals surface area contributed by atoms with Crippen molar-refractivity contribution < 1.29 is 14.5 Å². The summed E-state index contributed by atoms with van der Waals surface area (Å²) >= 11 is 1.81. The van der Waals surface area contributed by atoms with E-state index in [9.17, 15) is 19.7 Å². The standard InChI is InChI=1S/C28H30N4O4S/c1-20-5-2-3-8-23(20)27-24-11-18-37-25(24)9-12-30(27)13-10-26(33)29-14-16-31(17-15-29)28(34)21-6-4-7-22(19-21)32(35)36/h2-8,11,18-19,27H,9-10,12-17H2,1H3/t27-/m0/s1. The topological polar surface area (TPSA) is 87.0 Å². The Balaban J connectivity index is 1.19. The molecule has 5 rings (SSSR count). The van der Waals surface area contributed by atoms with Crippen LogP contribution >= 0.6 is 11.3 Å². The third kappa shape index (κ3) is 5.28. The number of benzene rings is 2. The van der Waals surface area contributed by atoms with Gasteiger partial charge in [0.2, 0.25) is 5.91 Å². The number of hydrogen-bond acceptors (Lipinski definition) is 6. The number of non-ortho nitro benzene ring substituents is 1. The van der Waals surface area contributed by atoms with E-state index < -0.39 is 4.92 Å². The first-order valence-electron chi connectivity index (χ1n) is 12.6. The number of nitrogens with zero attached hydrogens (tertiary/aromatic N) is 4. The van der Waals surface area contributed by atoms with E-state index in [1.54, 1.807) is 11.0 Å². The quantitative estimate of drug-likeness (QED) is 0.359. The SMILES string of the molecule is Cc1ccccc1[C@H]1c2ccsc2CCN1CCC(=O)N1CCN(C(=O)c2cccc([N+](=O)[O-])c2)CC1. The molecule has 0 bridgehead atoms. The number of aryl methyl sites for hydroxylation is 1. The molecule has 0 N–H and O–H groups in total. The fraction of sp³-hybridized carbons (Fsp3) is 0.357. The summed E-state index contributed by atoms with van der Waals surface area (Å²) in [5, 5.41) is 13.2. The molecule has 192 valence electrons. The Bertz CT molecular complexity index is 1310. The summed E-state index contributed by atoms with van der Waals surface area (Å²) in [5.41, 5.74) is 4.10. The van der Waals surface area contributed by atoms with Crippen molar-refractivity contribution in [3.63, 3.8) is 0 Å². The van der Waals surface area contributed by atoms with Crippen molar-refractivity contribution in [3.05, 3.63) is 97.2 Å². The summed E-state index contributed by atoms with van der Waals surface area (Å²) in [6.07, 6.45) is 1.43. The molecule has 3 aromatic rings. The smallest absolute Gasteiger partial charge is 0.270 e. The lowest BCUT2D eigenvalue weighted by Gasteiger charge is -2.38. The van der Waals surface area contributed by atoms with Gasteiger partial charge >= 0.3 is 0 Å². The van der Waals surface area contributed by atoms with E-state index in [0.29, 0.717) is 44.7 Å². The Morgan fingerprint density at radius 2 is 1.73 bits per heavy atom. The van der Waals surface area contributed by atoms with Gasteiger partial charge in [-0.1, -0.05) is 30.3 Å². The normalized spacial score (nSPS) is 17.9. The zero-order valence-corrected chi connectivity index (χ0v) is 21.7. The molecule has 8 nitrogen and oxygen atoms in total. The molecule has 0 radical (unpaired) electrons. The Kier molecular flexibility index (Phi) is 7.34. The second-order valence-corrected chi connectivity index (χ2v) is 10.6. The molecule has 2 aromatic carbocycles. The number of hydrogen-bond donors (Lipinski definition) is 0. The lowest BCUT2D eigenvalue weighted by atomic mass is 9.90. The van der Waals surface area contributed by atoms with Gasteiger partial charge in [-0.2, -0.15) is 0 Å². The monoisotopic (exact) mass is 518 g/mol. The summed E-state index contributed by atoms with van der Waals surface area (Å²) in [7, 11) is 0. The summed E-state index contributed by atoms with van der Waals surface area (Å²) in [4.78, 5) is 43.9. The van der Waals surface area contributed by atoms with E-state index in [4.69, 9.17) is 0 Å². The molecule has 2 aliphatic heterocycles. The van der Waals surface area contributed by atoms with Crippen molar-refractivity contribution in [2.24, 2.45) is 0 Å². The number of rotatable bonds is 6. The number of thiophene rings is 1. The maximum atomic E-state index is 13.1. The molecule has 1 atom stereocenters. The molecule has 1 fully saturated rings. The molecule has 0 spiro atoms. The highest BCUT2D eigenvalue weighted by atomic mass is 32.1. The van der Waals surface area contributed by atoms with Crippen molar-refractivity contribution in [1.82, 2.24) is 14.7 Å². The molecule has 9 heteroatoms. The Morgan fingerprint density at radius 1 is 0.973 bits per heavy atom. The van der Waals surface area contributed by atoms with Crippen LogP contribution in [-0.2, 0) is 11.2 Å². The summed E-state index contributed by atoms with van der Waals surface area (Å²) in [6.45, 7) is 5.52. The maximum absolute atomic E-state index is 13.1. The molecular weight excluding hydrogens is 488 g/mol. The minimum Gasteiger partial charge on any atom is -0.339 e. The van der Waals surface area contributed by atoms with Crippen LogP contribution in [0.4, 0.5) is 5.69 Å². The highest BCUT2D eigenvalue weighted by molar-refractivity contribution is 7.10. The Hall–Kier alpha value is -3.56. The van der Waals surface area contributed by atoms with Crippen LogP contribution in [0.2, 0.25) is 0 Å². The fourth-order valence-electron chi connectivity index (χ4n) is 5.36. The number of nitro benzene ring substituents is 1. The van der Waals surface area contributed by atoms with Crippen molar-refractivity contribution in [2.75, 3.05) is 39.3 Å². The average molecular weight is 519 g/mol. The number of carbonyl (C=O) groups is 2. The number of fused-ring (bicyclic) bond motifs is 1. The van der Waals surface area contributed by atoms with Gasteiger partial charge in [0, 0.05) is 68.3 Å². The average Bonchev–Trinajstić information content (AvgIpc) is 3.41. The molecule has 1 saturated heterocycles. The highest BCUT2D eigenvalue weighted by Crippen LogP contribution is 2.38. The molecule has 3 heterocycles. The van der Waals surface area contributed by atoms with Crippen LogP contribution in [0.15, 0.2) is 60.0 Å². The van der Waals surface area contributed by atoms with Crippen molar-refractivity contribution in [1.29, 1.82) is 0 Å². The van der Waals surface area contributed by atoms with E-state index in [-0.39, 0.29) is 23.5 Å². The van der Waals surface area contributed by atoms with Crippen molar-refractivity contribution in [2.45, 2.75) is 25.8 Å². The first kappa shape index (κ1) is 25.1. The van der Waals surface area contributed by atoms with Gasteiger partial charge in [-0.05, 0) is 47.5 Å². The Morgan fingerprint density at radius 3 is 2.49 bits per heavy atom. The predicted molar refractivity (Wildman–Crippen MR) is 143 cm³/mol. The van der Waals surface area contributed by atoms with Crippen LogP contribution in [-0.4, -0.2) is 70.7 Å². The molecule has 0 saturated carbocycles. The lowest BCUT2D eigenvalue weighted by Crippen LogP contribution is -2.51. The van der Waals surface area contributed by atoms with Gasteiger partial charge < -0.3 is 9.80 Å². The first-order valence-corrected chi connectivity index (χ1v) is 13.5. The van der Waals surface area contributed by atoms with Crippen molar-refractivity contribution in [3.8, 4) is 0 Å². The molecule has 2 aliphatic rings. The number of amides is 2. The van der Waals surface area contributed by atoms with Crippen LogP contribution in [0.25, 0.3) is 0 Å². The number of piperazine rings is 1. The maximum Gasteiger partial charge on any atom is 0.270 e. The second-order valence-electron chi connectivity index (χ2n) is 9.57. The van der Waals surface area contributed by atoms with Crippen LogP contribution in [0, 0.1) is 17.0 Å². The predicted octanol–water partition coefficient (Wildman–Crippen LogP) is 4.29. The molecular formula is C28H30N4O4S. The highest BCUT2D eigenvalue weighted by Gasteiger charge is 2.31. The first-order chi connectivity index (χ1) is 17.9. The van der Waals surface area contributed by atoms with Crippen molar-refractivity contribution >= 4 is 28.8 Å². The van der Waals surface area contributed by atoms with E-state index in [1.165, 1.54) is 39.8 Å². The van der Waals surface area contributed by atoms with E-state index in [0.717, 1.165) is 13.0 Å². The third-order valence-corrected chi connectivity index (χ3v) is 8.38. The van der Waals surface area contributed by atoms with Crippen LogP contribution < -0.4 is 0 Å². The van der Waals surface area contributed by atoms with E-state index in [2.05, 4.69) is 47.5 Å². The van der Waals surface area contributed by atoms with Gasteiger partial charge in [0.05, 0.1) is 11.0 Å². The third-order valence-electron chi connectivity index (χ3n) is 7.39. The molecule has 1 aromatic heterocycles. The van der Waals surface area contributed by atoms with Gasteiger partial charge in [0.1, 0.15) is 0 Å². The molecule has 2 amide bonds. The minimum absolute atomic E-state index is 0.0992. The van der Waals surface area contributed by atoms with Crippen LogP contribution in [0.1, 0.15) is 44.4 Å². The summed E-state index contributed by atoms with van der Waals surface area (Å²) in [6, 6.07) is 16.7. The number of carbonyl (C=O) groups excluding carboxylic acids is 2. The van der Waals surface area contributed by atoms with Gasteiger partial charge in [0.15, 0.2) is 0 Å².